The SMILES string of the molecule is [O]Cc1cccc(/C=C/c2ccc3ccc(Cl)cc3n2)c1. The van der Waals surface area contributed by atoms with Crippen LogP contribution in [-0.2, 0) is 11.7 Å². The number of hydrogen-bond donors (Lipinski definition) is 0. The van der Waals surface area contributed by atoms with Gasteiger partial charge in [0.1, 0.15) is 6.61 Å². The topological polar surface area (TPSA) is 32.8 Å². The highest BCUT2D eigenvalue weighted by atomic mass is 35.5. The molecule has 3 heteroatoms. The third kappa shape index (κ3) is 3.30. The van der Waals surface area contributed by atoms with Gasteiger partial charge in [-0.2, -0.15) is 0 Å². The van der Waals surface area contributed by atoms with Gasteiger partial charge in [-0.05, 0) is 41.5 Å². The lowest BCUT2D eigenvalue weighted by Crippen LogP contribution is -1.84. The van der Waals surface area contributed by atoms with Crippen LogP contribution in [0.2, 0.25) is 5.02 Å². The quantitative estimate of drug-likeness (QED) is 0.670. The van der Waals surface area contributed by atoms with E-state index in [9.17, 15) is 5.11 Å². The van der Waals surface area contributed by atoms with Crippen molar-refractivity contribution in [3.8, 4) is 0 Å². The molecule has 103 valence electrons. The summed E-state index contributed by atoms with van der Waals surface area (Å²) in [5.74, 6) is 0. The molecule has 0 saturated heterocycles. The molecule has 2 aromatic carbocycles. The van der Waals surface area contributed by atoms with Crippen LogP contribution >= 0.6 is 11.6 Å². The first kappa shape index (κ1) is 13.8. The molecule has 0 aliphatic carbocycles. The van der Waals surface area contributed by atoms with Gasteiger partial charge in [-0.3, -0.25) is 0 Å². The fourth-order valence-electron chi connectivity index (χ4n) is 2.17. The summed E-state index contributed by atoms with van der Waals surface area (Å²) in [5, 5.41) is 12.6. The van der Waals surface area contributed by atoms with Crippen LogP contribution in [0.4, 0.5) is 0 Å². The van der Waals surface area contributed by atoms with Crippen LogP contribution < -0.4 is 0 Å². The third-order valence-electron chi connectivity index (χ3n) is 3.24. The number of aromatic nitrogens is 1. The van der Waals surface area contributed by atoms with Crippen molar-refractivity contribution in [2.45, 2.75) is 6.61 Å². The smallest absolute Gasteiger partial charge is 0.107 e. The minimum atomic E-state index is -0.200. The molecule has 3 rings (SSSR count). The Balaban J connectivity index is 1.91. The van der Waals surface area contributed by atoms with Gasteiger partial charge in [-0.1, -0.05) is 48.0 Å². The summed E-state index contributed by atoms with van der Waals surface area (Å²) in [4.78, 5) is 4.56. The molecule has 0 aliphatic heterocycles. The van der Waals surface area contributed by atoms with E-state index in [0.717, 1.165) is 27.7 Å². The zero-order valence-corrected chi connectivity index (χ0v) is 12.0. The predicted octanol–water partition coefficient (Wildman–Crippen LogP) is 4.99. The zero-order valence-electron chi connectivity index (χ0n) is 11.3. The summed E-state index contributed by atoms with van der Waals surface area (Å²) in [6.45, 7) is -0.200. The van der Waals surface area contributed by atoms with E-state index in [1.807, 2.05) is 66.7 Å². The van der Waals surface area contributed by atoms with E-state index in [0.29, 0.717) is 5.02 Å². The number of rotatable bonds is 3. The van der Waals surface area contributed by atoms with Crippen molar-refractivity contribution in [1.29, 1.82) is 0 Å². The maximum absolute atomic E-state index is 10.9. The summed E-state index contributed by atoms with van der Waals surface area (Å²) in [7, 11) is 0. The van der Waals surface area contributed by atoms with Crippen LogP contribution in [0.1, 0.15) is 16.8 Å². The predicted molar refractivity (Wildman–Crippen MR) is 86.5 cm³/mol. The molecule has 1 radical (unpaired) electrons. The molecule has 0 aliphatic rings. The number of hydrogen-bond acceptors (Lipinski definition) is 1. The monoisotopic (exact) mass is 294 g/mol. The zero-order chi connectivity index (χ0) is 14.7. The second-order valence-electron chi connectivity index (χ2n) is 4.80. The Morgan fingerprint density at radius 2 is 1.86 bits per heavy atom. The molecule has 0 unspecified atom stereocenters. The van der Waals surface area contributed by atoms with Gasteiger partial charge in [0.15, 0.2) is 0 Å². The largest absolute Gasteiger partial charge is 0.248 e. The van der Waals surface area contributed by atoms with Gasteiger partial charge in [-0.25, -0.2) is 10.1 Å². The van der Waals surface area contributed by atoms with E-state index in [1.165, 1.54) is 0 Å². The van der Waals surface area contributed by atoms with E-state index in [2.05, 4.69) is 4.98 Å². The second kappa shape index (κ2) is 6.08. The molecule has 0 saturated carbocycles. The fourth-order valence-corrected chi connectivity index (χ4v) is 2.33. The highest BCUT2D eigenvalue weighted by molar-refractivity contribution is 6.31. The van der Waals surface area contributed by atoms with E-state index in [-0.39, 0.29) is 6.61 Å². The van der Waals surface area contributed by atoms with Gasteiger partial charge >= 0.3 is 0 Å². The number of fused-ring (bicyclic) bond motifs is 1. The Labute approximate surface area is 128 Å². The summed E-state index contributed by atoms with van der Waals surface area (Å²) in [6.07, 6.45) is 3.89. The van der Waals surface area contributed by atoms with Crippen LogP contribution in [0.15, 0.2) is 54.6 Å². The van der Waals surface area contributed by atoms with E-state index in [4.69, 9.17) is 11.6 Å². The highest BCUT2D eigenvalue weighted by Gasteiger charge is 1.98. The van der Waals surface area contributed by atoms with E-state index in [1.54, 1.807) is 0 Å². The maximum Gasteiger partial charge on any atom is 0.107 e. The molecule has 0 amide bonds. The van der Waals surface area contributed by atoms with Crippen LogP contribution in [0, 0.1) is 0 Å². The standard InChI is InChI=1S/C18H13ClNO/c19-16-7-5-15-6-9-17(20-18(15)11-16)8-4-13-2-1-3-14(10-13)12-21/h1-11H,12H2/b8-4+. The molecule has 0 bridgehead atoms. The Morgan fingerprint density at radius 1 is 1.00 bits per heavy atom. The highest BCUT2D eigenvalue weighted by Crippen LogP contribution is 2.19. The minimum absolute atomic E-state index is 0.200. The summed E-state index contributed by atoms with van der Waals surface area (Å²) in [6, 6.07) is 17.2. The van der Waals surface area contributed by atoms with Crippen LogP contribution in [0.5, 0.6) is 0 Å². The lowest BCUT2D eigenvalue weighted by molar-refractivity contribution is 0.177. The van der Waals surface area contributed by atoms with Gasteiger partial charge in [0.25, 0.3) is 0 Å². The maximum atomic E-state index is 10.9. The van der Waals surface area contributed by atoms with Crippen molar-refractivity contribution in [2.24, 2.45) is 0 Å². The molecule has 2 nitrogen and oxygen atoms in total. The first-order valence-electron chi connectivity index (χ1n) is 6.66. The molecule has 0 fully saturated rings. The molecule has 1 aromatic heterocycles. The van der Waals surface area contributed by atoms with Crippen molar-refractivity contribution >= 4 is 34.7 Å². The van der Waals surface area contributed by atoms with E-state index >= 15 is 0 Å². The van der Waals surface area contributed by atoms with Gasteiger partial charge in [0, 0.05) is 10.4 Å². The second-order valence-corrected chi connectivity index (χ2v) is 5.23. The third-order valence-corrected chi connectivity index (χ3v) is 3.48. The Bertz CT molecular complexity index is 811. The Hall–Kier alpha value is -2.16. The lowest BCUT2D eigenvalue weighted by atomic mass is 10.1. The first-order chi connectivity index (χ1) is 10.2. The summed E-state index contributed by atoms with van der Waals surface area (Å²) < 4.78 is 0. The van der Waals surface area contributed by atoms with E-state index < -0.39 is 0 Å². The van der Waals surface area contributed by atoms with Crippen molar-refractivity contribution in [1.82, 2.24) is 4.98 Å². The Kier molecular flexibility index (Phi) is 4.00. The first-order valence-corrected chi connectivity index (χ1v) is 7.04. The van der Waals surface area contributed by atoms with Crippen molar-refractivity contribution < 1.29 is 5.11 Å². The van der Waals surface area contributed by atoms with Gasteiger partial charge in [-0.15, -0.1) is 0 Å². The molecule has 0 N–H and O–H groups in total. The summed E-state index contributed by atoms with van der Waals surface area (Å²) in [5.41, 5.74) is 3.52. The normalized spacial score (nSPS) is 11.3. The number of halogens is 1. The van der Waals surface area contributed by atoms with Gasteiger partial charge in [0.05, 0.1) is 11.2 Å². The number of nitrogens with zero attached hydrogens (tertiary/aromatic N) is 1. The van der Waals surface area contributed by atoms with Crippen LogP contribution in [0.25, 0.3) is 23.1 Å². The Morgan fingerprint density at radius 3 is 2.71 bits per heavy atom. The molecule has 0 spiro atoms. The lowest BCUT2D eigenvalue weighted by Gasteiger charge is -2.00. The number of benzene rings is 2. The van der Waals surface area contributed by atoms with Gasteiger partial charge < -0.3 is 0 Å². The molecular weight excluding hydrogens is 282 g/mol. The van der Waals surface area contributed by atoms with Crippen molar-refractivity contribution in [3.05, 3.63) is 76.4 Å². The molecule has 3 aromatic rings. The van der Waals surface area contributed by atoms with Crippen LogP contribution in [0.3, 0.4) is 0 Å². The van der Waals surface area contributed by atoms with Gasteiger partial charge in [0.2, 0.25) is 0 Å². The number of pyridine rings is 1. The average molecular weight is 295 g/mol. The molecular formula is C18H13ClNO. The van der Waals surface area contributed by atoms with Crippen molar-refractivity contribution in [3.63, 3.8) is 0 Å². The minimum Gasteiger partial charge on any atom is -0.248 e. The molecule has 21 heavy (non-hydrogen) atoms. The average Bonchev–Trinajstić information content (AvgIpc) is 2.52. The van der Waals surface area contributed by atoms with Crippen molar-refractivity contribution in [2.75, 3.05) is 0 Å². The van der Waals surface area contributed by atoms with Crippen LogP contribution in [-0.4, -0.2) is 4.98 Å². The fraction of sp³-hybridized carbons (Fsp3) is 0.0556. The molecule has 1 heterocycles. The summed E-state index contributed by atoms with van der Waals surface area (Å²) >= 11 is 5.99. The molecule has 0 atom stereocenters.